The average Bonchev–Trinajstić information content (AvgIpc) is 2.53. The smallest absolute Gasteiger partial charge is 0.0498 e. The van der Waals surface area contributed by atoms with Crippen molar-refractivity contribution in [2.45, 2.75) is 33.2 Å². The fourth-order valence-corrected chi connectivity index (χ4v) is 1.89. The van der Waals surface area contributed by atoms with Crippen LogP contribution < -0.4 is 5.73 Å². The molecule has 1 fully saturated rings. The molecule has 0 saturated carbocycles. The summed E-state index contributed by atoms with van der Waals surface area (Å²) in [6.45, 7) is 8.49. The molecular weight excluding hydrogens is 150 g/mol. The molecule has 12 heavy (non-hydrogen) atoms. The molecule has 1 saturated heterocycles. The van der Waals surface area contributed by atoms with Gasteiger partial charge >= 0.3 is 0 Å². The van der Waals surface area contributed by atoms with E-state index in [-0.39, 0.29) is 0 Å². The standard InChI is InChI=1S/C10H21NO/c1-7(2)10(11)8(3)9-4-5-12-6-9/h7-10H,4-6,11H2,1-3H3. The van der Waals surface area contributed by atoms with Crippen LogP contribution in [0.4, 0.5) is 0 Å². The SMILES string of the molecule is CC(C)C(N)C(C)C1CCOC1. The first kappa shape index (κ1) is 10.0. The van der Waals surface area contributed by atoms with Crippen molar-refractivity contribution in [2.75, 3.05) is 13.2 Å². The van der Waals surface area contributed by atoms with E-state index in [1.807, 2.05) is 0 Å². The van der Waals surface area contributed by atoms with Crippen LogP contribution in [-0.2, 0) is 4.74 Å². The van der Waals surface area contributed by atoms with E-state index in [4.69, 9.17) is 10.5 Å². The molecule has 72 valence electrons. The maximum absolute atomic E-state index is 6.08. The molecule has 2 nitrogen and oxygen atoms in total. The van der Waals surface area contributed by atoms with Gasteiger partial charge in [-0.25, -0.2) is 0 Å². The molecule has 1 rings (SSSR count). The van der Waals surface area contributed by atoms with Gasteiger partial charge in [0.15, 0.2) is 0 Å². The van der Waals surface area contributed by atoms with Crippen LogP contribution in [0.15, 0.2) is 0 Å². The molecule has 3 atom stereocenters. The van der Waals surface area contributed by atoms with E-state index >= 15 is 0 Å². The molecule has 0 radical (unpaired) electrons. The Bertz CT molecular complexity index is 128. The summed E-state index contributed by atoms with van der Waals surface area (Å²) in [5.41, 5.74) is 6.08. The number of hydrogen-bond donors (Lipinski definition) is 1. The zero-order valence-corrected chi connectivity index (χ0v) is 8.42. The lowest BCUT2D eigenvalue weighted by Gasteiger charge is -2.27. The summed E-state index contributed by atoms with van der Waals surface area (Å²) >= 11 is 0. The molecule has 1 heterocycles. The highest BCUT2D eigenvalue weighted by atomic mass is 16.5. The predicted octanol–water partition coefficient (Wildman–Crippen LogP) is 1.64. The van der Waals surface area contributed by atoms with Gasteiger partial charge in [0.05, 0.1) is 0 Å². The van der Waals surface area contributed by atoms with Gasteiger partial charge in [0.2, 0.25) is 0 Å². The van der Waals surface area contributed by atoms with E-state index in [1.54, 1.807) is 0 Å². The summed E-state index contributed by atoms with van der Waals surface area (Å²) in [4.78, 5) is 0. The minimum absolute atomic E-state index is 0.330. The first-order chi connectivity index (χ1) is 5.63. The third kappa shape index (κ3) is 2.20. The molecular formula is C10H21NO. The fraction of sp³-hybridized carbons (Fsp3) is 1.00. The van der Waals surface area contributed by atoms with Crippen molar-refractivity contribution in [1.29, 1.82) is 0 Å². The lowest BCUT2D eigenvalue weighted by atomic mass is 9.82. The van der Waals surface area contributed by atoms with Crippen molar-refractivity contribution in [3.05, 3.63) is 0 Å². The number of rotatable bonds is 3. The first-order valence-electron chi connectivity index (χ1n) is 4.96. The Kier molecular flexibility index (Phi) is 3.53. The van der Waals surface area contributed by atoms with Crippen LogP contribution in [0.5, 0.6) is 0 Å². The van der Waals surface area contributed by atoms with Crippen LogP contribution >= 0.6 is 0 Å². The Morgan fingerprint density at radius 1 is 1.33 bits per heavy atom. The van der Waals surface area contributed by atoms with Crippen LogP contribution in [-0.4, -0.2) is 19.3 Å². The first-order valence-corrected chi connectivity index (χ1v) is 4.96. The van der Waals surface area contributed by atoms with Crippen LogP contribution in [0.2, 0.25) is 0 Å². The minimum atomic E-state index is 0.330. The topological polar surface area (TPSA) is 35.2 Å². The summed E-state index contributed by atoms with van der Waals surface area (Å²) in [5, 5.41) is 0. The Balaban J connectivity index is 2.39. The van der Waals surface area contributed by atoms with Gasteiger partial charge in [-0.05, 0) is 24.2 Å². The Morgan fingerprint density at radius 3 is 2.42 bits per heavy atom. The third-order valence-corrected chi connectivity index (χ3v) is 3.09. The Labute approximate surface area is 75.5 Å². The van der Waals surface area contributed by atoms with E-state index < -0.39 is 0 Å². The van der Waals surface area contributed by atoms with Crippen LogP contribution in [0, 0.1) is 17.8 Å². The van der Waals surface area contributed by atoms with Gasteiger partial charge in [-0.15, -0.1) is 0 Å². The maximum Gasteiger partial charge on any atom is 0.0498 e. The van der Waals surface area contributed by atoms with Crippen LogP contribution in [0.3, 0.4) is 0 Å². The van der Waals surface area contributed by atoms with Crippen molar-refractivity contribution in [1.82, 2.24) is 0 Å². The van der Waals surface area contributed by atoms with Crippen LogP contribution in [0.1, 0.15) is 27.2 Å². The second-order valence-electron chi connectivity index (χ2n) is 4.30. The van der Waals surface area contributed by atoms with Crippen molar-refractivity contribution in [3.8, 4) is 0 Å². The quantitative estimate of drug-likeness (QED) is 0.700. The van der Waals surface area contributed by atoms with E-state index in [2.05, 4.69) is 20.8 Å². The lowest BCUT2D eigenvalue weighted by Crippen LogP contribution is -2.37. The summed E-state index contributed by atoms with van der Waals surface area (Å²) in [6.07, 6.45) is 1.20. The molecule has 0 aliphatic carbocycles. The lowest BCUT2D eigenvalue weighted by molar-refractivity contribution is 0.163. The number of ether oxygens (including phenoxy) is 1. The molecule has 2 N–H and O–H groups in total. The minimum Gasteiger partial charge on any atom is -0.381 e. The van der Waals surface area contributed by atoms with Gasteiger partial charge in [0.25, 0.3) is 0 Å². The molecule has 0 aromatic heterocycles. The van der Waals surface area contributed by atoms with Gasteiger partial charge in [0.1, 0.15) is 0 Å². The Hall–Kier alpha value is -0.0800. The maximum atomic E-state index is 6.08. The highest BCUT2D eigenvalue weighted by Gasteiger charge is 2.27. The molecule has 3 unspecified atom stereocenters. The van der Waals surface area contributed by atoms with Gasteiger partial charge in [-0.3, -0.25) is 0 Å². The molecule has 0 aromatic carbocycles. The Morgan fingerprint density at radius 2 is 2.00 bits per heavy atom. The molecule has 0 amide bonds. The number of nitrogens with two attached hydrogens (primary N) is 1. The normalized spacial score (nSPS) is 29.2. The van der Waals surface area contributed by atoms with Gasteiger partial charge < -0.3 is 10.5 Å². The average molecular weight is 171 g/mol. The molecule has 0 aromatic rings. The third-order valence-electron chi connectivity index (χ3n) is 3.09. The van der Waals surface area contributed by atoms with Crippen molar-refractivity contribution < 1.29 is 4.74 Å². The molecule has 2 heteroatoms. The molecule has 0 spiro atoms. The van der Waals surface area contributed by atoms with Crippen molar-refractivity contribution >= 4 is 0 Å². The van der Waals surface area contributed by atoms with Gasteiger partial charge in [-0.2, -0.15) is 0 Å². The summed E-state index contributed by atoms with van der Waals surface area (Å²) in [5.74, 6) is 1.88. The van der Waals surface area contributed by atoms with Gasteiger partial charge in [0, 0.05) is 19.3 Å². The van der Waals surface area contributed by atoms with Crippen molar-refractivity contribution in [3.63, 3.8) is 0 Å². The number of hydrogen-bond acceptors (Lipinski definition) is 2. The highest BCUT2D eigenvalue weighted by molar-refractivity contribution is 4.80. The zero-order chi connectivity index (χ0) is 9.14. The summed E-state index contributed by atoms with van der Waals surface area (Å²) in [6, 6.07) is 0.330. The van der Waals surface area contributed by atoms with E-state index in [0.29, 0.717) is 23.8 Å². The largest absolute Gasteiger partial charge is 0.381 e. The predicted molar refractivity (Wildman–Crippen MR) is 50.9 cm³/mol. The van der Waals surface area contributed by atoms with Crippen molar-refractivity contribution in [2.24, 2.45) is 23.5 Å². The van der Waals surface area contributed by atoms with Crippen LogP contribution in [0.25, 0.3) is 0 Å². The molecule has 1 aliphatic heterocycles. The summed E-state index contributed by atoms with van der Waals surface area (Å²) < 4.78 is 5.35. The monoisotopic (exact) mass is 171 g/mol. The van der Waals surface area contributed by atoms with Gasteiger partial charge in [-0.1, -0.05) is 20.8 Å². The molecule has 1 aliphatic rings. The highest BCUT2D eigenvalue weighted by Crippen LogP contribution is 2.26. The summed E-state index contributed by atoms with van der Waals surface area (Å²) in [7, 11) is 0. The zero-order valence-electron chi connectivity index (χ0n) is 8.42. The van der Waals surface area contributed by atoms with E-state index in [1.165, 1.54) is 6.42 Å². The van der Waals surface area contributed by atoms with E-state index in [9.17, 15) is 0 Å². The molecule has 0 bridgehead atoms. The second kappa shape index (κ2) is 4.24. The van der Waals surface area contributed by atoms with E-state index in [0.717, 1.165) is 13.2 Å². The fourth-order valence-electron chi connectivity index (χ4n) is 1.89. The second-order valence-corrected chi connectivity index (χ2v) is 4.30.